The smallest absolute Gasteiger partial charge is 0.338 e. The van der Waals surface area contributed by atoms with E-state index in [4.69, 9.17) is 9.47 Å². The van der Waals surface area contributed by atoms with Gasteiger partial charge in [-0.05, 0) is 67.8 Å². The van der Waals surface area contributed by atoms with E-state index in [1.54, 1.807) is 60.4 Å². The molecule has 0 saturated heterocycles. The van der Waals surface area contributed by atoms with Crippen LogP contribution in [0.1, 0.15) is 44.4 Å². The zero-order valence-corrected chi connectivity index (χ0v) is 22.9. The molecule has 4 amide bonds. The molecule has 1 unspecified atom stereocenters. The maximum Gasteiger partial charge on any atom is 0.338 e. The van der Waals surface area contributed by atoms with Gasteiger partial charge in [-0.3, -0.25) is 4.90 Å². The van der Waals surface area contributed by atoms with Crippen LogP contribution in [0.25, 0.3) is 5.70 Å². The van der Waals surface area contributed by atoms with Gasteiger partial charge in [0.2, 0.25) is 0 Å². The normalized spacial score (nSPS) is 14.8. The summed E-state index contributed by atoms with van der Waals surface area (Å²) in [6.45, 7) is 6.79. The Hall–Kier alpha value is -4.79. The highest BCUT2D eigenvalue weighted by atomic mass is 16.5. The number of esters is 1. The highest BCUT2D eigenvalue weighted by molar-refractivity contribution is 6.05. The topological polar surface area (TPSA) is 109 Å². The van der Waals surface area contributed by atoms with E-state index >= 15 is 0 Å². The van der Waals surface area contributed by atoms with Gasteiger partial charge >= 0.3 is 18.0 Å². The van der Waals surface area contributed by atoms with Crippen LogP contribution in [0, 0.1) is 0 Å². The molecule has 9 heteroatoms. The van der Waals surface area contributed by atoms with Crippen molar-refractivity contribution in [3.8, 4) is 5.75 Å². The summed E-state index contributed by atoms with van der Waals surface area (Å²) in [6, 6.07) is 21.9. The zero-order valence-electron chi connectivity index (χ0n) is 22.9. The predicted molar refractivity (Wildman–Crippen MR) is 155 cm³/mol. The molecule has 0 aromatic heterocycles. The van der Waals surface area contributed by atoms with E-state index < -0.39 is 18.0 Å². The summed E-state index contributed by atoms with van der Waals surface area (Å²) >= 11 is 0. The van der Waals surface area contributed by atoms with Crippen molar-refractivity contribution in [1.82, 2.24) is 10.2 Å². The number of amides is 4. The molecule has 1 aliphatic rings. The molecule has 0 fully saturated rings. The summed E-state index contributed by atoms with van der Waals surface area (Å²) in [4.78, 5) is 41.1. The highest BCUT2D eigenvalue weighted by Gasteiger charge is 2.38. The van der Waals surface area contributed by atoms with Crippen molar-refractivity contribution in [2.24, 2.45) is 0 Å². The number of hydrogen-bond donors (Lipinski definition) is 3. The number of hydrogen-bond acceptors (Lipinski definition) is 5. The Balaban J connectivity index is 1.66. The lowest BCUT2D eigenvalue weighted by Crippen LogP contribution is -2.48. The fourth-order valence-corrected chi connectivity index (χ4v) is 4.57. The minimum absolute atomic E-state index is 0.187. The number of nitrogens with one attached hydrogen (secondary N) is 3. The molecule has 1 heterocycles. The van der Waals surface area contributed by atoms with Crippen LogP contribution in [0.2, 0.25) is 0 Å². The van der Waals surface area contributed by atoms with Gasteiger partial charge in [0, 0.05) is 17.9 Å². The first-order valence-corrected chi connectivity index (χ1v) is 13.4. The lowest BCUT2D eigenvalue weighted by atomic mass is 9.91. The molecular formula is C31H34N4O5. The number of anilines is 2. The Morgan fingerprint density at radius 1 is 0.875 bits per heavy atom. The molecule has 4 rings (SSSR count). The molecule has 3 N–H and O–H groups in total. The summed E-state index contributed by atoms with van der Waals surface area (Å²) in [7, 11) is 0. The van der Waals surface area contributed by atoms with Crippen LogP contribution < -0.4 is 20.7 Å². The minimum Gasteiger partial charge on any atom is -0.494 e. The number of nitrogens with zero attached hydrogens (tertiary/aromatic N) is 1. The van der Waals surface area contributed by atoms with Crippen LogP contribution in [0.5, 0.6) is 5.75 Å². The zero-order chi connectivity index (χ0) is 28.5. The van der Waals surface area contributed by atoms with Gasteiger partial charge < -0.3 is 25.4 Å². The average Bonchev–Trinajstić information content (AvgIpc) is 2.95. The predicted octanol–water partition coefficient (Wildman–Crippen LogP) is 6.18. The number of rotatable bonds is 10. The van der Waals surface area contributed by atoms with E-state index in [-0.39, 0.29) is 12.6 Å². The SMILES string of the molecule is CCCN1C(=O)NC(c2cccc(NC(=O)Nc3ccc(OCC)cc3)c2)C(C(=O)OCC)=C1c1ccccc1. The molecule has 1 atom stereocenters. The van der Waals surface area contributed by atoms with Crippen LogP contribution in [0.15, 0.2) is 84.4 Å². The Morgan fingerprint density at radius 2 is 1.60 bits per heavy atom. The summed E-state index contributed by atoms with van der Waals surface area (Å²) in [5.41, 5.74) is 3.31. The summed E-state index contributed by atoms with van der Waals surface area (Å²) in [5, 5.41) is 8.60. The first kappa shape index (κ1) is 28.2. The molecule has 0 bridgehead atoms. The van der Waals surface area contributed by atoms with Crippen LogP contribution in [-0.2, 0) is 9.53 Å². The van der Waals surface area contributed by atoms with Crippen molar-refractivity contribution in [2.45, 2.75) is 33.2 Å². The number of carbonyl (C=O) groups excluding carboxylic acids is 3. The third-order valence-electron chi connectivity index (χ3n) is 6.22. The highest BCUT2D eigenvalue weighted by Crippen LogP contribution is 2.37. The minimum atomic E-state index is -0.786. The van der Waals surface area contributed by atoms with Crippen molar-refractivity contribution in [3.05, 3.63) is 95.6 Å². The Bertz CT molecular complexity index is 1370. The van der Waals surface area contributed by atoms with Crippen LogP contribution in [0.3, 0.4) is 0 Å². The fraction of sp³-hybridized carbons (Fsp3) is 0.258. The standard InChI is InChI=1S/C31H34N4O5/c1-4-19-35-28(21-11-8-7-9-12-21)26(29(36)40-6-3)27(34-31(35)38)22-13-10-14-24(20-22)33-30(37)32-23-15-17-25(18-16-23)39-5-2/h7-18,20,27H,4-6,19H2,1-3H3,(H,34,38)(H2,32,33,37). The van der Waals surface area contributed by atoms with Crippen molar-refractivity contribution in [2.75, 3.05) is 30.4 Å². The van der Waals surface area contributed by atoms with Gasteiger partial charge in [-0.25, -0.2) is 14.4 Å². The second kappa shape index (κ2) is 13.3. The van der Waals surface area contributed by atoms with Crippen molar-refractivity contribution >= 4 is 35.1 Å². The average molecular weight is 543 g/mol. The van der Waals surface area contributed by atoms with Gasteiger partial charge in [0.25, 0.3) is 0 Å². The number of ether oxygens (including phenoxy) is 2. The molecule has 0 radical (unpaired) electrons. The van der Waals surface area contributed by atoms with E-state index in [2.05, 4.69) is 16.0 Å². The van der Waals surface area contributed by atoms with Gasteiger partial charge in [0.15, 0.2) is 0 Å². The largest absolute Gasteiger partial charge is 0.494 e. The Morgan fingerprint density at radius 3 is 2.27 bits per heavy atom. The van der Waals surface area contributed by atoms with E-state index in [1.807, 2.05) is 44.2 Å². The summed E-state index contributed by atoms with van der Waals surface area (Å²) < 4.78 is 10.9. The number of benzene rings is 3. The monoisotopic (exact) mass is 542 g/mol. The number of carbonyl (C=O) groups is 3. The second-order valence-corrected chi connectivity index (χ2v) is 9.04. The summed E-state index contributed by atoms with van der Waals surface area (Å²) in [5.74, 6) is 0.201. The molecule has 3 aromatic rings. The van der Waals surface area contributed by atoms with Crippen LogP contribution in [-0.4, -0.2) is 42.7 Å². The first-order valence-electron chi connectivity index (χ1n) is 13.4. The third-order valence-corrected chi connectivity index (χ3v) is 6.22. The van der Waals surface area contributed by atoms with E-state index in [9.17, 15) is 14.4 Å². The van der Waals surface area contributed by atoms with E-state index in [1.165, 1.54) is 0 Å². The molecular weight excluding hydrogens is 508 g/mol. The molecule has 0 saturated carbocycles. The molecule has 0 aliphatic carbocycles. The molecule has 208 valence electrons. The van der Waals surface area contributed by atoms with Gasteiger partial charge in [0.05, 0.1) is 30.5 Å². The van der Waals surface area contributed by atoms with Gasteiger partial charge in [-0.2, -0.15) is 0 Å². The van der Waals surface area contributed by atoms with Crippen molar-refractivity contribution < 1.29 is 23.9 Å². The van der Waals surface area contributed by atoms with Crippen LogP contribution in [0.4, 0.5) is 21.0 Å². The quantitative estimate of drug-likeness (QED) is 0.265. The Kier molecular flexibility index (Phi) is 9.40. The lowest BCUT2D eigenvalue weighted by Gasteiger charge is -2.37. The van der Waals surface area contributed by atoms with Gasteiger partial charge in [-0.15, -0.1) is 0 Å². The molecule has 9 nitrogen and oxygen atoms in total. The van der Waals surface area contributed by atoms with E-state index in [0.29, 0.717) is 53.5 Å². The van der Waals surface area contributed by atoms with Crippen molar-refractivity contribution in [3.63, 3.8) is 0 Å². The fourth-order valence-electron chi connectivity index (χ4n) is 4.57. The second-order valence-electron chi connectivity index (χ2n) is 9.04. The van der Waals surface area contributed by atoms with Gasteiger partial charge in [0.1, 0.15) is 5.75 Å². The first-order chi connectivity index (χ1) is 19.4. The van der Waals surface area contributed by atoms with Crippen molar-refractivity contribution in [1.29, 1.82) is 0 Å². The van der Waals surface area contributed by atoms with Gasteiger partial charge in [-0.1, -0.05) is 49.4 Å². The Labute approximate surface area is 234 Å². The maximum atomic E-state index is 13.4. The lowest BCUT2D eigenvalue weighted by molar-refractivity contribution is -0.138. The molecule has 0 spiro atoms. The molecule has 1 aliphatic heterocycles. The molecule has 3 aromatic carbocycles. The maximum absolute atomic E-state index is 13.4. The summed E-state index contributed by atoms with van der Waals surface area (Å²) in [6.07, 6.45) is 0.702. The van der Waals surface area contributed by atoms with Crippen LogP contribution >= 0.6 is 0 Å². The van der Waals surface area contributed by atoms with E-state index in [0.717, 1.165) is 5.56 Å². The molecule has 40 heavy (non-hydrogen) atoms. The third kappa shape index (κ3) is 6.61. The number of urea groups is 2.